The third kappa shape index (κ3) is 3.19. The zero-order valence-electron chi connectivity index (χ0n) is 12.3. The molecule has 3 rings (SSSR count). The van der Waals surface area contributed by atoms with Crippen molar-refractivity contribution in [3.63, 3.8) is 0 Å². The van der Waals surface area contributed by atoms with E-state index in [1.165, 1.54) is 0 Å². The fourth-order valence-electron chi connectivity index (χ4n) is 2.26. The summed E-state index contributed by atoms with van der Waals surface area (Å²) < 4.78 is 44.9. The van der Waals surface area contributed by atoms with Gasteiger partial charge in [0.15, 0.2) is 5.82 Å². The largest absolute Gasteiger partial charge is 0.433 e. The first-order chi connectivity index (χ1) is 11.0. The van der Waals surface area contributed by atoms with Crippen LogP contribution in [-0.2, 0) is 17.5 Å². The number of aryl methyl sites for hydroxylation is 1. The van der Waals surface area contributed by atoms with Crippen molar-refractivity contribution in [2.75, 3.05) is 13.7 Å². The first-order valence-electron chi connectivity index (χ1n) is 6.93. The van der Waals surface area contributed by atoms with Crippen LogP contribution >= 0.6 is 0 Å². The number of hydrogen-bond donors (Lipinski definition) is 1. The Morgan fingerprint density at radius 1 is 1.35 bits per heavy atom. The second-order valence-electron chi connectivity index (χ2n) is 4.96. The predicted molar refractivity (Wildman–Crippen MR) is 76.6 cm³/mol. The Hall–Kier alpha value is -2.42. The Kier molecular flexibility index (Phi) is 4.03. The molecule has 0 amide bonds. The quantitative estimate of drug-likeness (QED) is 0.732. The van der Waals surface area contributed by atoms with Crippen molar-refractivity contribution in [1.82, 2.24) is 24.7 Å². The van der Waals surface area contributed by atoms with Gasteiger partial charge in [-0.25, -0.2) is 9.97 Å². The van der Waals surface area contributed by atoms with E-state index in [9.17, 15) is 13.2 Å². The van der Waals surface area contributed by atoms with Gasteiger partial charge in [0.05, 0.1) is 17.2 Å². The van der Waals surface area contributed by atoms with E-state index < -0.39 is 11.9 Å². The van der Waals surface area contributed by atoms with Crippen LogP contribution in [0, 0.1) is 0 Å². The van der Waals surface area contributed by atoms with Gasteiger partial charge >= 0.3 is 6.18 Å². The molecule has 0 fully saturated rings. The molecule has 0 saturated heterocycles. The van der Waals surface area contributed by atoms with Gasteiger partial charge in [-0.1, -0.05) is 0 Å². The summed E-state index contributed by atoms with van der Waals surface area (Å²) in [7, 11) is 1.62. The zero-order chi connectivity index (χ0) is 16.4. The first kappa shape index (κ1) is 15.5. The van der Waals surface area contributed by atoms with Crippen LogP contribution in [0.15, 0.2) is 24.5 Å². The van der Waals surface area contributed by atoms with E-state index >= 15 is 0 Å². The van der Waals surface area contributed by atoms with Gasteiger partial charge in [0.25, 0.3) is 0 Å². The molecule has 0 saturated carbocycles. The molecule has 0 radical (unpaired) electrons. The van der Waals surface area contributed by atoms with Crippen LogP contribution in [0.5, 0.6) is 0 Å². The molecule has 3 aromatic heterocycles. The van der Waals surface area contributed by atoms with E-state index in [0.717, 1.165) is 18.7 Å². The highest BCUT2D eigenvalue weighted by atomic mass is 19.4. The Labute approximate surface area is 129 Å². The minimum atomic E-state index is -4.49. The Morgan fingerprint density at radius 3 is 2.91 bits per heavy atom. The van der Waals surface area contributed by atoms with Crippen molar-refractivity contribution in [2.24, 2.45) is 0 Å². The number of H-pyrrole nitrogens is 1. The number of alkyl halides is 3. The number of nitrogens with zero attached hydrogens (tertiary/aromatic N) is 4. The molecule has 0 aliphatic rings. The zero-order valence-corrected chi connectivity index (χ0v) is 12.3. The lowest BCUT2D eigenvalue weighted by Crippen LogP contribution is -2.07. The normalized spacial score (nSPS) is 12.2. The lowest BCUT2D eigenvalue weighted by molar-refractivity contribution is -0.141. The molecule has 23 heavy (non-hydrogen) atoms. The van der Waals surface area contributed by atoms with E-state index in [1.807, 2.05) is 0 Å². The molecular formula is C14H14F3N5O. The second-order valence-corrected chi connectivity index (χ2v) is 4.96. The van der Waals surface area contributed by atoms with Crippen LogP contribution < -0.4 is 0 Å². The molecule has 0 bridgehead atoms. The van der Waals surface area contributed by atoms with E-state index in [0.29, 0.717) is 30.2 Å². The van der Waals surface area contributed by atoms with Gasteiger partial charge < -0.3 is 9.72 Å². The van der Waals surface area contributed by atoms with Crippen LogP contribution in [0.2, 0.25) is 0 Å². The van der Waals surface area contributed by atoms with Crippen molar-refractivity contribution in [3.8, 4) is 11.5 Å². The van der Waals surface area contributed by atoms with Crippen LogP contribution in [0.1, 0.15) is 12.1 Å². The minimum Gasteiger partial charge on any atom is -0.385 e. The third-order valence-corrected chi connectivity index (χ3v) is 3.34. The summed E-state index contributed by atoms with van der Waals surface area (Å²) >= 11 is 0. The van der Waals surface area contributed by atoms with Gasteiger partial charge in [-0.3, -0.25) is 4.68 Å². The first-order valence-corrected chi connectivity index (χ1v) is 6.93. The van der Waals surface area contributed by atoms with E-state index in [1.54, 1.807) is 24.1 Å². The Balaban J connectivity index is 1.93. The number of aromatic amines is 1. The van der Waals surface area contributed by atoms with E-state index in [2.05, 4.69) is 20.1 Å². The van der Waals surface area contributed by atoms with Crippen LogP contribution in [0.25, 0.3) is 22.6 Å². The van der Waals surface area contributed by atoms with Gasteiger partial charge in [0.1, 0.15) is 11.4 Å². The highest BCUT2D eigenvalue weighted by Gasteiger charge is 2.32. The van der Waals surface area contributed by atoms with Gasteiger partial charge in [0.2, 0.25) is 0 Å². The Bertz CT molecular complexity index is 808. The maximum Gasteiger partial charge on any atom is 0.433 e. The molecule has 1 N–H and O–H groups in total. The molecule has 0 atom stereocenters. The Morgan fingerprint density at radius 2 is 2.17 bits per heavy atom. The summed E-state index contributed by atoms with van der Waals surface area (Å²) in [5.41, 5.74) is 0.395. The number of rotatable bonds is 5. The van der Waals surface area contributed by atoms with Crippen molar-refractivity contribution >= 4 is 11.0 Å². The van der Waals surface area contributed by atoms with Crippen LogP contribution in [0.3, 0.4) is 0 Å². The summed E-state index contributed by atoms with van der Waals surface area (Å²) in [5.74, 6) is 0.455. The van der Waals surface area contributed by atoms with Crippen LogP contribution in [0.4, 0.5) is 13.2 Å². The molecule has 3 heterocycles. The average Bonchev–Trinajstić information content (AvgIpc) is 3.11. The highest BCUT2D eigenvalue weighted by molar-refractivity contribution is 5.78. The monoisotopic (exact) mass is 325 g/mol. The maximum atomic E-state index is 12.7. The molecule has 0 aliphatic heterocycles. The number of pyridine rings is 1. The van der Waals surface area contributed by atoms with E-state index in [-0.39, 0.29) is 5.52 Å². The lowest BCUT2D eigenvalue weighted by Gasteiger charge is -2.04. The van der Waals surface area contributed by atoms with Gasteiger partial charge in [-0.2, -0.15) is 18.3 Å². The summed E-state index contributed by atoms with van der Waals surface area (Å²) in [5, 5.41) is 4.20. The molecule has 3 aromatic rings. The molecule has 0 unspecified atom stereocenters. The summed E-state index contributed by atoms with van der Waals surface area (Å²) in [6, 6.07) is 2.68. The third-order valence-electron chi connectivity index (χ3n) is 3.34. The number of imidazole rings is 1. The number of aromatic nitrogens is 5. The van der Waals surface area contributed by atoms with Gasteiger partial charge in [0, 0.05) is 26.5 Å². The topological polar surface area (TPSA) is 68.6 Å². The van der Waals surface area contributed by atoms with Gasteiger partial charge in [-0.05, 0) is 18.6 Å². The van der Waals surface area contributed by atoms with Gasteiger partial charge in [-0.15, -0.1) is 0 Å². The number of halogens is 3. The highest BCUT2D eigenvalue weighted by Crippen LogP contribution is 2.29. The summed E-state index contributed by atoms with van der Waals surface area (Å²) in [6.45, 7) is 1.22. The number of hydrogen-bond acceptors (Lipinski definition) is 4. The molecular weight excluding hydrogens is 311 g/mol. The van der Waals surface area contributed by atoms with E-state index in [4.69, 9.17) is 4.74 Å². The number of fused-ring (bicyclic) bond motifs is 1. The SMILES string of the molecule is COCCCn1nccc1-c1nc2cc(C(F)(F)F)ncc2[nH]1. The van der Waals surface area contributed by atoms with Crippen molar-refractivity contribution in [3.05, 3.63) is 30.2 Å². The number of nitrogens with one attached hydrogen (secondary N) is 1. The standard InChI is InChI=1S/C14H14F3N5O/c1-23-6-2-5-22-11(3-4-19-22)13-20-9-7-12(14(15,16)17)18-8-10(9)21-13/h3-4,7-8H,2,5-6H2,1H3,(H,20,21). The van der Waals surface area contributed by atoms with Crippen LogP contribution in [-0.4, -0.2) is 38.4 Å². The summed E-state index contributed by atoms with van der Waals surface area (Å²) in [6.07, 6.45) is -0.963. The van der Waals surface area contributed by atoms with Crippen molar-refractivity contribution < 1.29 is 17.9 Å². The van der Waals surface area contributed by atoms with Crippen molar-refractivity contribution in [1.29, 1.82) is 0 Å². The molecule has 122 valence electrons. The predicted octanol–water partition coefficient (Wildman–Crippen LogP) is 2.88. The maximum absolute atomic E-state index is 12.7. The number of methoxy groups -OCH3 is 1. The fraction of sp³-hybridized carbons (Fsp3) is 0.357. The summed E-state index contributed by atoms with van der Waals surface area (Å²) in [4.78, 5) is 10.6. The molecule has 0 spiro atoms. The van der Waals surface area contributed by atoms with Crippen molar-refractivity contribution in [2.45, 2.75) is 19.1 Å². The minimum absolute atomic E-state index is 0.215. The molecule has 6 nitrogen and oxygen atoms in total. The second kappa shape index (κ2) is 5.99. The molecule has 0 aliphatic carbocycles. The number of ether oxygens (including phenoxy) is 1. The fourth-order valence-corrected chi connectivity index (χ4v) is 2.26. The molecule has 9 heteroatoms. The lowest BCUT2D eigenvalue weighted by atomic mass is 10.3. The average molecular weight is 325 g/mol. The smallest absolute Gasteiger partial charge is 0.385 e. The molecule has 0 aromatic carbocycles.